The van der Waals surface area contributed by atoms with Crippen molar-refractivity contribution in [3.8, 4) is 5.75 Å². The molecule has 0 heterocycles. The highest BCUT2D eigenvalue weighted by atomic mass is 32.2. The summed E-state index contributed by atoms with van der Waals surface area (Å²) >= 11 is 0. The molecule has 0 spiro atoms. The highest BCUT2D eigenvalue weighted by molar-refractivity contribution is 7.92. The van der Waals surface area contributed by atoms with Crippen LogP contribution in [0.25, 0.3) is 5.57 Å². The highest BCUT2D eigenvalue weighted by Gasteiger charge is 2.40. The third kappa shape index (κ3) is 5.56. The van der Waals surface area contributed by atoms with Crippen LogP contribution in [-0.4, -0.2) is 39.6 Å². The number of para-hydroxylation sites is 1. The molecule has 2 atom stereocenters. The number of carbonyl (C=O) groups is 2. The van der Waals surface area contributed by atoms with E-state index in [0.29, 0.717) is 24.5 Å². The Morgan fingerprint density at radius 2 is 1.75 bits per heavy atom. The molecule has 1 aliphatic carbocycles. The molecule has 0 radical (unpaired) electrons. The molecule has 0 saturated carbocycles. The first-order chi connectivity index (χ1) is 15.2. The second-order valence-corrected chi connectivity index (χ2v) is 9.28. The Bertz CT molecular complexity index is 1120. The van der Waals surface area contributed by atoms with Crippen LogP contribution in [0.4, 0.5) is 5.69 Å². The highest BCUT2D eigenvalue weighted by Crippen LogP contribution is 2.43. The van der Waals surface area contributed by atoms with Crippen LogP contribution in [-0.2, 0) is 24.3 Å². The summed E-state index contributed by atoms with van der Waals surface area (Å²) in [5.74, 6) is -1.63. The largest absolute Gasteiger partial charge is 0.494 e. The number of rotatable bonds is 8. The van der Waals surface area contributed by atoms with Crippen molar-refractivity contribution < 1.29 is 27.5 Å². The van der Waals surface area contributed by atoms with Crippen molar-refractivity contribution in [2.75, 3.05) is 24.2 Å². The van der Waals surface area contributed by atoms with Crippen LogP contribution < -0.4 is 9.46 Å². The normalized spacial score (nSPS) is 18.6. The molecule has 0 aromatic heterocycles. The summed E-state index contributed by atoms with van der Waals surface area (Å²) in [6, 6.07) is 14.2. The van der Waals surface area contributed by atoms with Gasteiger partial charge in [0.2, 0.25) is 10.0 Å². The molecule has 0 amide bonds. The lowest BCUT2D eigenvalue weighted by Crippen LogP contribution is -2.34. The second-order valence-electron chi connectivity index (χ2n) is 7.53. The van der Waals surface area contributed by atoms with Gasteiger partial charge in [0.15, 0.2) is 5.78 Å². The zero-order valence-corrected chi connectivity index (χ0v) is 19.1. The summed E-state index contributed by atoms with van der Waals surface area (Å²) in [5.41, 5.74) is 2.75. The summed E-state index contributed by atoms with van der Waals surface area (Å²) in [6.07, 6.45) is 3.00. The van der Waals surface area contributed by atoms with Crippen LogP contribution in [0, 0.1) is 5.92 Å². The first-order valence-corrected chi connectivity index (χ1v) is 12.3. The third-order valence-corrected chi connectivity index (χ3v) is 5.79. The number of sulfonamides is 1. The van der Waals surface area contributed by atoms with Crippen LogP contribution in [0.15, 0.2) is 54.6 Å². The van der Waals surface area contributed by atoms with Gasteiger partial charge in [0, 0.05) is 11.6 Å². The van der Waals surface area contributed by atoms with Gasteiger partial charge < -0.3 is 9.47 Å². The predicted molar refractivity (Wildman–Crippen MR) is 123 cm³/mol. The van der Waals surface area contributed by atoms with Crippen molar-refractivity contribution in [1.82, 2.24) is 0 Å². The van der Waals surface area contributed by atoms with Gasteiger partial charge >= 0.3 is 5.97 Å². The van der Waals surface area contributed by atoms with Gasteiger partial charge in [-0.25, -0.2) is 8.42 Å². The number of ether oxygens (including phenoxy) is 2. The van der Waals surface area contributed by atoms with Gasteiger partial charge in [0.1, 0.15) is 11.7 Å². The van der Waals surface area contributed by atoms with Gasteiger partial charge in [0.25, 0.3) is 0 Å². The van der Waals surface area contributed by atoms with Crippen molar-refractivity contribution in [2.24, 2.45) is 5.92 Å². The first-order valence-electron chi connectivity index (χ1n) is 10.4. The fourth-order valence-electron chi connectivity index (χ4n) is 3.92. The molecule has 1 aliphatic rings. The van der Waals surface area contributed by atoms with Crippen LogP contribution in [0.5, 0.6) is 5.75 Å². The molecule has 2 aromatic rings. The Balaban J connectivity index is 2.00. The van der Waals surface area contributed by atoms with Gasteiger partial charge in [-0.05, 0) is 61.2 Å². The van der Waals surface area contributed by atoms with Crippen molar-refractivity contribution in [1.29, 1.82) is 0 Å². The van der Waals surface area contributed by atoms with E-state index in [1.165, 1.54) is 6.08 Å². The molecule has 32 heavy (non-hydrogen) atoms. The van der Waals surface area contributed by atoms with E-state index in [2.05, 4.69) is 4.72 Å². The van der Waals surface area contributed by atoms with E-state index in [-0.39, 0.29) is 12.4 Å². The van der Waals surface area contributed by atoms with Crippen molar-refractivity contribution in [3.63, 3.8) is 0 Å². The van der Waals surface area contributed by atoms with Gasteiger partial charge in [-0.2, -0.15) is 0 Å². The second kappa shape index (κ2) is 9.99. The van der Waals surface area contributed by atoms with Crippen molar-refractivity contribution >= 4 is 33.0 Å². The van der Waals surface area contributed by atoms with Gasteiger partial charge in [-0.3, -0.25) is 14.3 Å². The van der Waals surface area contributed by atoms with Crippen LogP contribution in [0.2, 0.25) is 0 Å². The van der Waals surface area contributed by atoms with E-state index in [4.69, 9.17) is 9.47 Å². The fourth-order valence-corrected chi connectivity index (χ4v) is 4.48. The quantitative estimate of drug-likeness (QED) is 0.479. The standard InChI is InChI=1S/C24H27NO6S/c1-4-30-22-9-7-6-8-19(22)20-14-17(15-21(26)23(20)24(27)31-5-2)16-10-12-18(13-11-16)25-32(3,28)29/h6-13,15,20,23,25H,4-5,14H2,1-3H3/t20-,23+/m1/s1. The Hall–Kier alpha value is -3.13. The summed E-state index contributed by atoms with van der Waals surface area (Å²) in [4.78, 5) is 25.8. The van der Waals surface area contributed by atoms with Crippen molar-refractivity contribution in [3.05, 3.63) is 65.7 Å². The van der Waals surface area contributed by atoms with E-state index in [0.717, 1.165) is 23.0 Å². The molecule has 0 aliphatic heterocycles. The van der Waals surface area contributed by atoms with Gasteiger partial charge in [-0.15, -0.1) is 0 Å². The van der Waals surface area contributed by atoms with Crippen molar-refractivity contribution in [2.45, 2.75) is 26.2 Å². The maximum atomic E-state index is 13.1. The molecule has 0 saturated heterocycles. The summed E-state index contributed by atoms with van der Waals surface area (Å²) < 4.78 is 36.3. The van der Waals surface area contributed by atoms with Crippen LogP contribution in [0.1, 0.15) is 37.3 Å². The number of allylic oxidation sites excluding steroid dienone is 2. The zero-order chi connectivity index (χ0) is 23.3. The van der Waals surface area contributed by atoms with E-state index in [9.17, 15) is 18.0 Å². The Kier molecular flexibility index (Phi) is 7.35. The molecule has 7 nitrogen and oxygen atoms in total. The minimum atomic E-state index is -3.39. The average Bonchev–Trinajstić information content (AvgIpc) is 2.73. The van der Waals surface area contributed by atoms with E-state index < -0.39 is 27.8 Å². The third-order valence-electron chi connectivity index (χ3n) is 5.18. The molecule has 1 N–H and O–H groups in total. The number of ketones is 1. The number of hydrogen-bond donors (Lipinski definition) is 1. The Labute approximate surface area is 188 Å². The smallest absolute Gasteiger partial charge is 0.317 e. The average molecular weight is 458 g/mol. The number of nitrogens with one attached hydrogen (secondary N) is 1. The Morgan fingerprint density at radius 3 is 2.38 bits per heavy atom. The van der Waals surface area contributed by atoms with Gasteiger partial charge in [-0.1, -0.05) is 30.3 Å². The van der Waals surface area contributed by atoms with E-state index in [1.54, 1.807) is 31.2 Å². The fraction of sp³-hybridized carbons (Fsp3) is 0.333. The molecule has 0 bridgehead atoms. The SMILES string of the molecule is CCOC(=O)[C@@H]1C(=O)C=C(c2ccc(NS(C)(=O)=O)cc2)C[C@@H]1c1ccccc1OCC. The van der Waals surface area contributed by atoms with E-state index >= 15 is 0 Å². The maximum absolute atomic E-state index is 13.1. The number of esters is 1. The lowest BCUT2D eigenvalue weighted by Gasteiger charge is -2.30. The monoisotopic (exact) mass is 457 g/mol. The molecule has 2 aromatic carbocycles. The molecule has 3 rings (SSSR count). The number of hydrogen-bond acceptors (Lipinski definition) is 6. The summed E-state index contributed by atoms with van der Waals surface area (Å²) in [7, 11) is -3.39. The maximum Gasteiger partial charge on any atom is 0.317 e. The molecular weight excluding hydrogens is 430 g/mol. The first kappa shape index (κ1) is 23.5. The molecule has 8 heteroatoms. The lowest BCUT2D eigenvalue weighted by atomic mass is 9.73. The topological polar surface area (TPSA) is 98.8 Å². The minimum absolute atomic E-state index is 0.188. The molecular formula is C24H27NO6S. The summed E-state index contributed by atoms with van der Waals surface area (Å²) in [5, 5.41) is 0. The number of benzene rings is 2. The molecule has 0 fully saturated rings. The zero-order valence-electron chi connectivity index (χ0n) is 18.3. The molecule has 170 valence electrons. The van der Waals surface area contributed by atoms with Crippen LogP contribution >= 0.6 is 0 Å². The number of carbonyl (C=O) groups excluding carboxylic acids is 2. The van der Waals surface area contributed by atoms with Crippen LogP contribution in [0.3, 0.4) is 0 Å². The molecule has 0 unspecified atom stereocenters. The lowest BCUT2D eigenvalue weighted by molar-refractivity contribution is -0.151. The predicted octanol–water partition coefficient (Wildman–Crippen LogP) is 3.78. The number of anilines is 1. The Morgan fingerprint density at radius 1 is 1.06 bits per heavy atom. The van der Waals surface area contributed by atoms with Gasteiger partial charge in [0.05, 0.1) is 19.5 Å². The van der Waals surface area contributed by atoms with E-state index in [1.807, 2.05) is 31.2 Å². The summed E-state index contributed by atoms with van der Waals surface area (Å²) in [6.45, 7) is 4.23. The minimum Gasteiger partial charge on any atom is -0.494 e.